The van der Waals surface area contributed by atoms with Gasteiger partial charge in [-0.05, 0) is 50.1 Å². The molecule has 2 aromatic carbocycles. The SMILES string of the molecule is CC[C@@H](C)N1Cc2cc(NC(=O)c3cnc4ccccc4n3)ccc2O[C@H](CC)C1=O. The molecule has 1 aliphatic rings. The number of fused-ring (bicyclic) bond motifs is 2. The van der Waals surface area contributed by atoms with Crippen LogP contribution in [0.1, 0.15) is 49.7 Å². The number of carbonyl (C=O) groups is 2. The van der Waals surface area contributed by atoms with Crippen molar-refractivity contribution in [1.29, 1.82) is 0 Å². The van der Waals surface area contributed by atoms with Gasteiger partial charge in [-0.15, -0.1) is 0 Å². The molecular formula is C24H26N4O3. The summed E-state index contributed by atoms with van der Waals surface area (Å²) in [5.41, 5.74) is 3.13. The minimum atomic E-state index is -0.497. The number of amides is 2. The fourth-order valence-electron chi connectivity index (χ4n) is 3.66. The Kier molecular flexibility index (Phi) is 5.84. The van der Waals surface area contributed by atoms with Crippen LogP contribution in [-0.2, 0) is 11.3 Å². The van der Waals surface area contributed by atoms with E-state index in [0.717, 1.165) is 17.5 Å². The van der Waals surface area contributed by atoms with E-state index in [2.05, 4.69) is 22.2 Å². The maximum absolute atomic E-state index is 12.9. The van der Waals surface area contributed by atoms with Crippen LogP contribution in [0, 0.1) is 0 Å². The van der Waals surface area contributed by atoms with Crippen molar-refractivity contribution in [3.05, 3.63) is 59.9 Å². The van der Waals surface area contributed by atoms with Crippen LogP contribution in [-0.4, -0.2) is 38.8 Å². The van der Waals surface area contributed by atoms with Gasteiger partial charge in [0.15, 0.2) is 6.10 Å². The lowest BCUT2D eigenvalue weighted by molar-refractivity contribution is -0.140. The Morgan fingerprint density at radius 2 is 2.00 bits per heavy atom. The van der Waals surface area contributed by atoms with Crippen molar-refractivity contribution in [2.75, 3.05) is 5.32 Å². The lowest BCUT2D eigenvalue weighted by atomic mass is 10.1. The molecule has 2 amide bonds. The van der Waals surface area contributed by atoms with Crippen LogP contribution >= 0.6 is 0 Å². The van der Waals surface area contributed by atoms with E-state index >= 15 is 0 Å². The van der Waals surface area contributed by atoms with Gasteiger partial charge in [-0.25, -0.2) is 4.98 Å². The van der Waals surface area contributed by atoms with Crippen molar-refractivity contribution < 1.29 is 14.3 Å². The topological polar surface area (TPSA) is 84.4 Å². The van der Waals surface area contributed by atoms with Gasteiger partial charge in [0.2, 0.25) is 0 Å². The van der Waals surface area contributed by atoms with E-state index in [4.69, 9.17) is 4.74 Å². The highest BCUT2D eigenvalue weighted by Gasteiger charge is 2.32. The zero-order valence-electron chi connectivity index (χ0n) is 18.0. The molecule has 0 fully saturated rings. The molecule has 0 bridgehead atoms. The molecule has 7 nitrogen and oxygen atoms in total. The Morgan fingerprint density at radius 1 is 1.23 bits per heavy atom. The first-order chi connectivity index (χ1) is 15.0. The number of benzene rings is 2. The molecule has 2 atom stereocenters. The highest BCUT2D eigenvalue weighted by atomic mass is 16.5. The standard InChI is InChI=1S/C24H26N4O3/c1-4-15(3)28-14-16-12-17(10-11-22(16)31-21(5-2)24(28)30)26-23(29)20-13-25-18-8-6-7-9-19(18)27-20/h6-13,15,21H,4-5,14H2,1-3H3,(H,26,29)/t15-,21-/m1/s1. The van der Waals surface area contributed by atoms with Crippen molar-refractivity contribution in [3.8, 4) is 5.75 Å². The number of ether oxygens (including phenoxy) is 1. The number of anilines is 1. The third-order valence-corrected chi connectivity index (χ3v) is 5.66. The quantitative estimate of drug-likeness (QED) is 0.672. The predicted molar refractivity (Wildman–Crippen MR) is 119 cm³/mol. The molecule has 4 rings (SSSR count). The van der Waals surface area contributed by atoms with Crippen LogP contribution in [0.2, 0.25) is 0 Å². The molecule has 0 saturated carbocycles. The van der Waals surface area contributed by atoms with E-state index < -0.39 is 6.10 Å². The van der Waals surface area contributed by atoms with Crippen LogP contribution < -0.4 is 10.1 Å². The zero-order chi connectivity index (χ0) is 22.0. The average molecular weight is 418 g/mol. The number of para-hydroxylation sites is 2. The first-order valence-corrected chi connectivity index (χ1v) is 10.6. The Bertz CT molecular complexity index is 1130. The van der Waals surface area contributed by atoms with E-state index in [1.54, 1.807) is 6.07 Å². The van der Waals surface area contributed by atoms with Crippen molar-refractivity contribution >= 4 is 28.5 Å². The third-order valence-electron chi connectivity index (χ3n) is 5.66. The third kappa shape index (κ3) is 4.21. The van der Waals surface area contributed by atoms with Crippen molar-refractivity contribution in [2.45, 2.75) is 52.3 Å². The van der Waals surface area contributed by atoms with E-state index in [1.807, 2.05) is 55.1 Å². The fourth-order valence-corrected chi connectivity index (χ4v) is 3.66. The number of aromatic nitrogens is 2. The van der Waals surface area contributed by atoms with Gasteiger partial charge in [-0.3, -0.25) is 14.6 Å². The largest absolute Gasteiger partial charge is 0.480 e. The van der Waals surface area contributed by atoms with Crippen LogP contribution in [0.15, 0.2) is 48.7 Å². The molecule has 160 valence electrons. The highest BCUT2D eigenvalue weighted by molar-refractivity contribution is 6.03. The average Bonchev–Trinajstić information content (AvgIpc) is 2.94. The van der Waals surface area contributed by atoms with Gasteiger partial charge in [-0.2, -0.15) is 0 Å². The first kappa shape index (κ1) is 20.8. The number of carbonyl (C=O) groups excluding carboxylic acids is 2. The molecule has 3 aromatic rings. The molecule has 7 heteroatoms. The van der Waals surface area contributed by atoms with E-state index in [9.17, 15) is 9.59 Å². The molecule has 0 spiro atoms. The maximum Gasteiger partial charge on any atom is 0.275 e. The second-order valence-electron chi connectivity index (χ2n) is 7.76. The minimum Gasteiger partial charge on any atom is -0.480 e. The summed E-state index contributed by atoms with van der Waals surface area (Å²) in [6.07, 6.45) is 2.43. The molecule has 2 heterocycles. The minimum absolute atomic E-state index is 0.00470. The summed E-state index contributed by atoms with van der Waals surface area (Å²) in [6.45, 7) is 6.49. The molecule has 1 aliphatic heterocycles. The van der Waals surface area contributed by atoms with E-state index in [-0.39, 0.29) is 23.6 Å². The molecule has 1 aromatic heterocycles. The summed E-state index contributed by atoms with van der Waals surface area (Å²) in [7, 11) is 0. The fraction of sp³-hybridized carbons (Fsp3) is 0.333. The second kappa shape index (κ2) is 8.71. The number of rotatable bonds is 5. The van der Waals surface area contributed by atoms with Gasteiger partial charge in [0.1, 0.15) is 11.4 Å². The normalized spacial score (nSPS) is 16.9. The Balaban J connectivity index is 1.59. The first-order valence-electron chi connectivity index (χ1n) is 10.6. The molecule has 0 radical (unpaired) electrons. The van der Waals surface area contributed by atoms with Crippen molar-refractivity contribution in [2.24, 2.45) is 0 Å². The number of hydrogen-bond acceptors (Lipinski definition) is 5. The monoisotopic (exact) mass is 418 g/mol. The highest BCUT2D eigenvalue weighted by Crippen LogP contribution is 2.30. The predicted octanol–water partition coefficient (Wildman–Crippen LogP) is 4.18. The maximum atomic E-state index is 12.9. The van der Waals surface area contributed by atoms with Gasteiger partial charge >= 0.3 is 0 Å². The lowest BCUT2D eigenvalue weighted by Gasteiger charge is -2.28. The number of nitrogens with one attached hydrogen (secondary N) is 1. The van der Waals surface area contributed by atoms with Crippen molar-refractivity contribution in [3.63, 3.8) is 0 Å². The van der Waals surface area contributed by atoms with Crippen molar-refractivity contribution in [1.82, 2.24) is 14.9 Å². The summed E-state index contributed by atoms with van der Waals surface area (Å²) < 4.78 is 6.01. The molecule has 0 saturated heterocycles. The van der Waals surface area contributed by atoms with Gasteiger partial charge in [0.25, 0.3) is 11.8 Å². The van der Waals surface area contributed by atoms with E-state index in [0.29, 0.717) is 29.9 Å². The summed E-state index contributed by atoms with van der Waals surface area (Å²) in [6, 6.07) is 13.0. The van der Waals surface area contributed by atoms with Crippen LogP contribution in [0.25, 0.3) is 11.0 Å². The summed E-state index contributed by atoms with van der Waals surface area (Å²) >= 11 is 0. The Labute approximate surface area is 181 Å². The smallest absolute Gasteiger partial charge is 0.275 e. The number of nitrogens with zero attached hydrogens (tertiary/aromatic N) is 3. The second-order valence-corrected chi connectivity index (χ2v) is 7.76. The molecule has 0 unspecified atom stereocenters. The molecule has 1 N–H and O–H groups in total. The van der Waals surface area contributed by atoms with Gasteiger partial charge in [-0.1, -0.05) is 26.0 Å². The van der Waals surface area contributed by atoms with E-state index in [1.165, 1.54) is 6.20 Å². The van der Waals surface area contributed by atoms with Crippen LogP contribution in [0.5, 0.6) is 5.75 Å². The summed E-state index contributed by atoms with van der Waals surface area (Å²) in [4.78, 5) is 36.2. The number of hydrogen-bond donors (Lipinski definition) is 1. The van der Waals surface area contributed by atoms with Gasteiger partial charge in [0.05, 0.1) is 17.2 Å². The lowest BCUT2D eigenvalue weighted by Crippen LogP contribution is -2.43. The summed E-state index contributed by atoms with van der Waals surface area (Å²) in [5, 5.41) is 2.89. The Hall–Kier alpha value is -3.48. The molecule has 0 aliphatic carbocycles. The van der Waals surface area contributed by atoms with Gasteiger partial charge in [0, 0.05) is 23.8 Å². The molecule has 31 heavy (non-hydrogen) atoms. The Morgan fingerprint density at radius 3 is 2.74 bits per heavy atom. The zero-order valence-corrected chi connectivity index (χ0v) is 18.0. The van der Waals surface area contributed by atoms with Crippen LogP contribution in [0.3, 0.4) is 0 Å². The van der Waals surface area contributed by atoms with Gasteiger partial charge < -0.3 is 15.0 Å². The summed E-state index contributed by atoms with van der Waals surface area (Å²) in [5.74, 6) is 0.341. The molecular weight excluding hydrogens is 392 g/mol. The van der Waals surface area contributed by atoms with Crippen LogP contribution in [0.4, 0.5) is 5.69 Å².